The van der Waals surface area contributed by atoms with Crippen LogP contribution in [0.4, 0.5) is 0 Å². The maximum absolute atomic E-state index is 12.2. The number of amides is 1. The first-order valence-electron chi connectivity index (χ1n) is 7.45. The predicted molar refractivity (Wildman–Crippen MR) is 84.1 cm³/mol. The van der Waals surface area contributed by atoms with Crippen molar-refractivity contribution in [2.24, 2.45) is 0 Å². The van der Waals surface area contributed by atoms with Crippen molar-refractivity contribution in [1.29, 1.82) is 0 Å². The highest BCUT2D eigenvalue weighted by molar-refractivity contribution is 7.13. The summed E-state index contributed by atoms with van der Waals surface area (Å²) in [5.41, 5.74) is 1.31. The Bertz CT molecular complexity index is 804. The molecule has 0 radical (unpaired) electrons. The molecule has 1 aliphatic rings. The van der Waals surface area contributed by atoms with E-state index >= 15 is 0 Å². The molecule has 3 aromatic heterocycles. The Kier molecular flexibility index (Phi) is 3.66. The number of carbonyl (C=O) groups excluding carboxylic acids is 1. The lowest BCUT2D eigenvalue weighted by Crippen LogP contribution is -2.27. The van der Waals surface area contributed by atoms with Gasteiger partial charge in [-0.25, -0.2) is 4.98 Å². The Morgan fingerprint density at radius 2 is 2.39 bits per heavy atom. The number of carbonyl (C=O) groups is 1. The molecule has 1 aliphatic carbocycles. The predicted octanol–water partition coefficient (Wildman–Crippen LogP) is 2.30. The molecule has 1 amide bonds. The molecule has 1 saturated carbocycles. The number of hydrogen-bond donors (Lipinski definition) is 1. The van der Waals surface area contributed by atoms with Gasteiger partial charge in [-0.15, -0.1) is 21.5 Å². The topological polar surface area (TPSA) is 85.8 Å². The lowest BCUT2D eigenvalue weighted by atomic mass is 10.3. The van der Waals surface area contributed by atoms with Crippen molar-refractivity contribution >= 4 is 17.2 Å². The first kappa shape index (κ1) is 14.1. The van der Waals surface area contributed by atoms with Gasteiger partial charge in [-0.05, 0) is 18.9 Å². The second kappa shape index (κ2) is 5.96. The molecule has 0 aromatic carbocycles. The van der Waals surface area contributed by atoms with Gasteiger partial charge in [-0.2, -0.15) is 0 Å². The van der Waals surface area contributed by atoms with Gasteiger partial charge in [-0.3, -0.25) is 4.79 Å². The van der Waals surface area contributed by atoms with Crippen LogP contribution in [-0.2, 0) is 6.54 Å². The number of furan rings is 1. The van der Waals surface area contributed by atoms with E-state index in [-0.39, 0.29) is 5.91 Å². The molecule has 0 unspecified atom stereocenters. The van der Waals surface area contributed by atoms with Crippen LogP contribution in [-0.4, -0.2) is 32.2 Å². The highest BCUT2D eigenvalue weighted by Gasteiger charge is 2.28. The van der Waals surface area contributed by atoms with Crippen LogP contribution in [0.3, 0.4) is 0 Å². The van der Waals surface area contributed by atoms with Crippen molar-refractivity contribution in [3.63, 3.8) is 0 Å². The van der Waals surface area contributed by atoms with Crippen molar-refractivity contribution in [1.82, 2.24) is 25.1 Å². The number of thiazole rings is 1. The third-order valence-corrected chi connectivity index (χ3v) is 4.62. The lowest BCUT2D eigenvalue weighted by Gasteiger charge is -2.06. The molecule has 23 heavy (non-hydrogen) atoms. The van der Waals surface area contributed by atoms with E-state index in [1.54, 1.807) is 24.2 Å². The van der Waals surface area contributed by atoms with Crippen LogP contribution in [0.1, 0.15) is 35.1 Å². The zero-order chi connectivity index (χ0) is 15.6. The minimum Gasteiger partial charge on any atom is -0.472 e. The summed E-state index contributed by atoms with van der Waals surface area (Å²) in [7, 11) is 0. The largest absolute Gasteiger partial charge is 0.472 e. The van der Waals surface area contributed by atoms with E-state index in [9.17, 15) is 4.79 Å². The van der Waals surface area contributed by atoms with Crippen molar-refractivity contribution in [3.05, 3.63) is 41.8 Å². The number of nitrogens with one attached hydrogen (secondary N) is 1. The van der Waals surface area contributed by atoms with Gasteiger partial charge >= 0.3 is 0 Å². The van der Waals surface area contributed by atoms with Crippen LogP contribution in [0.2, 0.25) is 0 Å². The Morgan fingerprint density at radius 3 is 3.17 bits per heavy atom. The van der Waals surface area contributed by atoms with E-state index in [0.717, 1.165) is 16.4 Å². The van der Waals surface area contributed by atoms with Gasteiger partial charge in [0.05, 0.1) is 6.26 Å². The molecule has 0 atom stereocenters. The second-order valence-corrected chi connectivity index (χ2v) is 6.32. The number of hydrogen-bond acceptors (Lipinski definition) is 6. The molecule has 3 heterocycles. The van der Waals surface area contributed by atoms with Gasteiger partial charge in [0.2, 0.25) is 0 Å². The molecule has 1 fully saturated rings. The minimum atomic E-state index is -0.169. The fraction of sp³-hybridized carbons (Fsp3) is 0.333. The maximum atomic E-state index is 12.2. The Balaban J connectivity index is 1.34. The Morgan fingerprint density at radius 1 is 1.48 bits per heavy atom. The zero-order valence-electron chi connectivity index (χ0n) is 12.3. The average Bonchev–Trinajstić information content (AvgIpc) is 3.04. The van der Waals surface area contributed by atoms with Crippen LogP contribution >= 0.6 is 11.3 Å². The first-order chi connectivity index (χ1) is 11.3. The van der Waals surface area contributed by atoms with Crippen LogP contribution in [0, 0.1) is 0 Å². The summed E-state index contributed by atoms with van der Waals surface area (Å²) in [6.45, 7) is 1.19. The van der Waals surface area contributed by atoms with Gasteiger partial charge in [0.15, 0.2) is 0 Å². The van der Waals surface area contributed by atoms with E-state index in [0.29, 0.717) is 24.7 Å². The molecule has 1 N–H and O–H groups in total. The third-order valence-electron chi connectivity index (χ3n) is 3.73. The molecule has 4 rings (SSSR count). The van der Waals surface area contributed by atoms with Gasteiger partial charge < -0.3 is 14.3 Å². The molecular formula is C15H15N5O2S. The van der Waals surface area contributed by atoms with Crippen LogP contribution in [0.15, 0.2) is 34.7 Å². The fourth-order valence-corrected chi connectivity index (χ4v) is 3.16. The van der Waals surface area contributed by atoms with E-state index < -0.39 is 0 Å². The monoisotopic (exact) mass is 329 g/mol. The molecule has 7 nitrogen and oxygen atoms in total. The second-order valence-electron chi connectivity index (χ2n) is 5.46. The maximum Gasteiger partial charge on any atom is 0.270 e. The van der Waals surface area contributed by atoms with Gasteiger partial charge in [-0.1, -0.05) is 0 Å². The SMILES string of the molecule is O=C(NCCn1cnnc1C1CC1)c1csc(-c2ccoc2)n1. The van der Waals surface area contributed by atoms with Gasteiger partial charge in [0.25, 0.3) is 5.91 Å². The van der Waals surface area contributed by atoms with Crippen molar-refractivity contribution in [2.75, 3.05) is 6.54 Å². The fourth-order valence-electron chi connectivity index (χ4n) is 2.37. The van der Waals surface area contributed by atoms with Crippen LogP contribution in [0.25, 0.3) is 10.6 Å². The molecule has 0 bridgehead atoms. The van der Waals surface area contributed by atoms with Crippen LogP contribution in [0.5, 0.6) is 0 Å². The summed E-state index contributed by atoms with van der Waals surface area (Å²) in [5.74, 6) is 1.40. The normalized spacial score (nSPS) is 14.1. The summed E-state index contributed by atoms with van der Waals surface area (Å²) < 4.78 is 7.04. The highest BCUT2D eigenvalue weighted by Crippen LogP contribution is 2.38. The quantitative estimate of drug-likeness (QED) is 0.750. The third kappa shape index (κ3) is 3.02. The Labute approximate surface area is 136 Å². The van der Waals surface area contributed by atoms with Crippen molar-refractivity contribution < 1.29 is 9.21 Å². The standard InChI is InChI=1S/C15H15N5O2S/c21-14(12-8-23-15(18-12)11-3-6-22-7-11)16-4-5-20-9-17-19-13(20)10-1-2-10/h3,6-10H,1-2,4-5H2,(H,16,21). The van der Waals surface area contributed by atoms with E-state index in [4.69, 9.17) is 4.42 Å². The van der Waals surface area contributed by atoms with E-state index in [2.05, 4.69) is 20.5 Å². The molecule has 118 valence electrons. The summed E-state index contributed by atoms with van der Waals surface area (Å²) >= 11 is 1.42. The van der Waals surface area contributed by atoms with Gasteiger partial charge in [0, 0.05) is 30.0 Å². The molecule has 8 heteroatoms. The molecular weight excluding hydrogens is 314 g/mol. The van der Waals surface area contributed by atoms with E-state index in [1.165, 1.54) is 24.2 Å². The average molecular weight is 329 g/mol. The minimum absolute atomic E-state index is 0.169. The first-order valence-corrected chi connectivity index (χ1v) is 8.33. The van der Waals surface area contributed by atoms with Crippen molar-refractivity contribution in [3.8, 4) is 10.6 Å². The summed E-state index contributed by atoms with van der Waals surface area (Å²) in [6, 6.07) is 1.83. The van der Waals surface area contributed by atoms with Gasteiger partial charge in [0.1, 0.15) is 29.1 Å². The molecule has 0 saturated heterocycles. The smallest absolute Gasteiger partial charge is 0.270 e. The number of aromatic nitrogens is 4. The lowest BCUT2D eigenvalue weighted by molar-refractivity contribution is 0.0948. The number of rotatable bonds is 6. The Hall–Kier alpha value is -2.48. The highest BCUT2D eigenvalue weighted by atomic mass is 32.1. The summed E-state index contributed by atoms with van der Waals surface area (Å²) in [6.07, 6.45) is 7.29. The number of nitrogens with zero attached hydrogens (tertiary/aromatic N) is 4. The molecule has 0 spiro atoms. The molecule has 0 aliphatic heterocycles. The van der Waals surface area contributed by atoms with E-state index in [1.807, 2.05) is 10.6 Å². The van der Waals surface area contributed by atoms with Crippen molar-refractivity contribution in [2.45, 2.75) is 25.3 Å². The molecule has 3 aromatic rings. The van der Waals surface area contributed by atoms with Crippen LogP contribution < -0.4 is 5.32 Å². The zero-order valence-corrected chi connectivity index (χ0v) is 13.1. The summed E-state index contributed by atoms with van der Waals surface area (Å²) in [4.78, 5) is 16.5. The summed E-state index contributed by atoms with van der Waals surface area (Å²) in [5, 5.41) is 13.5.